The SMILES string of the molecule is C[C@H](NCc1ccc2c(c1)CC(C)(C)O2)c1cccnc1. The molecule has 2 aromatic rings. The highest BCUT2D eigenvalue weighted by molar-refractivity contribution is 5.41. The molecular formula is C18H22N2O. The van der Waals surface area contributed by atoms with Crippen LogP contribution in [-0.4, -0.2) is 10.6 Å². The van der Waals surface area contributed by atoms with Gasteiger partial charge in [0, 0.05) is 31.4 Å². The van der Waals surface area contributed by atoms with Crippen molar-refractivity contribution in [1.29, 1.82) is 0 Å². The molecule has 0 aliphatic carbocycles. The van der Waals surface area contributed by atoms with Crippen LogP contribution in [0, 0.1) is 0 Å². The lowest BCUT2D eigenvalue weighted by atomic mass is 10.00. The molecule has 0 saturated carbocycles. The van der Waals surface area contributed by atoms with Crippen LogP contribution in [0.2, 0.25) is 0 Å². The van der Waals surface area contributed by atoms with Crippen LogP contribution in [0.25, 0.3) is 0 Å². The normalized spacial score (nSPS) is 17.1. The first-order valence-corrected chi connectivity index (χ1v) is 7.48. The molecule has 1 aromatic carbocycles. The molecule has 0 bridgehead atoms. The monoisotopic (exact) mass is 282 g/mol. The second kappa shape index (κ2) is 5.49. The van der Waals surface area contributed by atoms with Crippen LogP contribution in [0.15, 0.2) is 42.7 Å². The van der Waals surface area contributed by atoms with Gasteiger partial charge < -0.3 is 10.1 Å². The predicted molar refractivity (Wildman–Crippen MR) is 84.3 cm³/mol. The minimum absolute atomic E-state index is 0.0720. The van der Waals surface area contributed by atoms with Crippen molar-refractivity contribution in [2.45, 2.75) is 45.4 Å². The van der Waals surface area contributed by atoms with Crippen molar-refractivity contribution in [2.75, 3.05) is 0 Å². The quantitative estimate of drug-likeness (QED) is 0.929. The van der Waals surface area contributed by atoms with Gasteiger partial charge in [0.25, 0.3) is 0 Å². The smallest absolute Gasteiger partial charge is 0.123 e. The Morgan fingerprint density at radius 1 is 1.33 bits per heavy atom. The highest BCUT2D eigenvalue weighted by atomic mass is 16.5. The molecule has 1 aliphatic heterocycles. The minimum Gasteiger partial charge on any atom is -0.487 e. The van der Waals surface area contributed by atoms with Gasteiger partial charge in [-0.25, -0.2) is 0 Å². The average molecular weight is 282 g/mol. The van der Waals surface area contributed by atoms with Crippen molar-refractivity contribution in [3.05, 3.63) is 59.4 Å². The van der Waals surface area contributed by atoms with Crippen LogP contribution in [0.1, 0.15) is 43.5 Å². The maximum absolute atomic E-state index is 5.92. The van der Waals surface area contributed by atoms with Crippen molar-refractivity contribution >= 4 is 0 Å². The number of benzene rings is 1. The Balaban J connectivity index is 1.65. The van der Waals surface area contributed by atoms with E-state index in [1.807, 2.05) is 12.3 Å². The van der Waals surface area contributed by atoms with Crippen molar-refractivity contribution in [1.82, 2.24) is 10.3 Å². The van der Waals surface area contributed by atoms with E-state index >= 15 is 0 Å². The molecule has 0 fully saturated rings. The molecule has 3 nitrogen and oxygen atoms in total. The van der Waals surface area contributed by atoms with Crippen LogP contribution in [0.3, 0.4) is 0 Å². The van der Waals surface area contributed by atoms with E-state index in [0.29, 0.717) is 6.04 Å². The Hall–Kier alpha value is -1.87. The van der Waals surface area contributed by atoms with Gasteiger partial charge in [0.15, 0.2) is 0 Å². The Bertz CT molecular complexity index is 622. The first-order valence-electron chi connectivity index (χ1n) is 7.48. The molecule has 0 saturated heterocycles. The summed E-state index contributed by atoms with van der Waals surface area (Å²) in [4.78, 5) is 4.17. The number of fused-ring (bicyclic) bond motifs is 1. The number of hydrogen-bond donors (Lipinski definition) is 1. The first kappa shape index (κ1) is 14.1. The Morgan fingerprint density at radius 2 is 2.19 bits per heavy atom. The van der Waals surface area contributed by atoms with E-state index in [9.17, 15) is 0 Å². The summed E-state index contributed by atoms with van der Waals surface area (Å²) in [7, 11) is 0. The lowest BCUT2D eigenvalue weighted by Gasteiger charge is -2.16. The van der Waals surface area contributed by atoms with Gasteiger partial charge in [0.2, 0.25) is 0 Å². The highest BCUT2D eigenvalue weighted by Gasteiger charge is 2.29. The summed E-state index contributed by atoms with van der Waals surface area (Å²) in [5.74, 6) is 1.03. The van der Waals surface area contributed by atoms with E-state index in [0.717, 1.165) is 18.7 Å². The number of pyridine rings is 1. The fraction of sp³-hybridized carbons (Fsp3) is 0.389. The van der Waals surface area contributed by atoms with E-state index < -0.39 is 0 Å². The Labute approximate surface area is 126 Å². The maximum atomic E-state index is 5.92. The number of nitrogens with zero attached hydrogens (tertiary/aromatic N) is 1. The molecule has 0 unspecified atom stereocenters. The summed E-state index contributed by atoms with van der Waals surface area (Å²) in [6.45, 7) is 7.28. The van der Waals surface area contributed by atoms with E-state index in [4.69, 9.17) is 4.74 Å². The molecule has 1 aromatic heterocycles. The Morgan fingerprint density at radius 3 is 2.95 bits per heavy atom. The predicted octanol–water partition coefficient (Wildman–Crippen LogP) is 3.65. The molecule has 1 atom stereocenters. The zero-order valence-corrected chi connectivity index (χ0v) is 12.9. The third-order valence-corrected chi connectivity index (χ3v) is 3.92. The summed E-state index contributed by atoms with van der Waals surface area (Å²) in [5, 5.41) is 3.55. The van der Waals surface area contributed by atoms with Crippen LogP contribution < -0.4 is 10.1 Å². The largest absolute Gasteiger partial charge is 0.487 e. The number of aromatic nitrogens is 1. The summed E-state index contributed by atoms with van der Waals surface area (Å²) < 4.78 is 5.92. The molecule has 3 rings (SSSR count). The molecule has 21 heavy (non-hydrogen) atoms. The van der Waals surface area contributed by atoms with Gasteiger partial charge in [-0.1, -0.05) is 18.2 Å². The van der Waals surface area contributed by atoms with E-state index in [2.05, 4.69) is 55.3 Å². The van der Waals surface area contributed by atoms with Gasteiger partial charge in [0.05, 0.1) is 0 Å². The van der Waals surface area contributed by atoms with E-state index in [1.165, 1.54) is 16.7 Å². The standard InChI is InChI=1S/C18H22N2O/c1-13(15-5-4-8-19-12-15)20-11-14-6-7-17-16(9-14)10-18(2,3)21-17/h4-9,12-13,20H,10-11H2,1-3H3/t13-/m0/s1. The van der Waals surface area contributed by atoms with Gasteiger partial charge in [-0.3, -0.25) is 4.98 Å². The topological polar surface area (TPSA) is 34.1 Å². The summed E-state index contributed by atoms with van der Waals surface area (Å²) >= 11 is 0. The molecule has 1 N–H and O–H groups in total. The van der Waals surface area contributed by atoms with Gasteiger partial charge in [-0.2, -0.15) is 0 Å². The third kappa shape index (κ3) is 3.24. The fourth-order valence-electron chi connectivity index (χ4n) is 2.79. The second-order valence-corrected chi connectivity index (χ2v) is 6.37. The molecule has 0 amide bonds. The van der Waals surface area contributed by atoms with Crippen LogP contribution in [0.5, 0.6) is 5.75 Å². The molecule has 0 spiro atoms. The van der Waals surface area contributed by atoms with Crippen molar-refractivity contribution in [3.63, 3.8) is 0 Å². The van der Waals surface area contributed by atoms with Crippen LogP contribution >= 0.6 is 0 Å². The van der Waals surface area contributed by atoms with Crippen molar-refractivity contribution < 1.29 is 4.74 Å². The van der Waals surface area contributed by atoms with Crippen LogP contribution in [0.4, 0.5) is 0 Å². The molecule has 3 heteroatoms. The van der Waals surface area contributed by atoms with Crippen molar-refractivity contribution in [2.24, 2.45) is 0 Å². The first-order chi connectivity index (χ1) is 10.0. The lowest BCUT2D eigenvalue weighted by molar-refractivity contribution is 0.138. The van der Waals surface area contributed by atoms with E-state index in [-0.39, 0.29) is 5.60 Å². The van der Waals surface area contributed by atoms with Gasteiger partial charge >= 0.3 is 0 Å². The molecule has 1 aliphatic rings. The maximum Gasteiger partial charge on any atom is 0.123 e. The average Bonchev–Trinajstić information content (AvgIpc) is 2.78. The molecule has 2 heterocycles. The molecule has 110 valence electrons. The zero-order valence-electron chi connectivity index (χ0n) is 12.9. The van der Waals surface area contributed by atoms with Crippen molar-refractivity contribution in [3.8, 4) is 5.75 Å². The minimum atomic E-state index is -0.0720. The highest BCUT2D eigenvalue weighted by Crippen LogP contribution is 2.35. The zero-order chi connectivity index (χ0) is 14.9. The van der Waals surface area contributed by atoms with Gasteiger partial charge in [-0.05, 0) is 49.6 Å². The third-order valence-electron chi connectivity index (χ3n) is 3.92. The Kier molecular flexibility index (Phi) is 3.68. The molecular weight excluding hydrogens is 260 g/mol. The van der Waals surface area contributed by atoms with Crippen LogP contribution in [-0.2, 0) is 13.0 Å². The lowest BCUT2D eigenvalue weighted by Crippen LogP contribution is -2.24. The van der Waals surface area contributed by atoms with Gasteiger partial charge in [-0.15, -0.1) is 0 Å². The second-order valence-electron chi connectivity index (χ2n) is 6.37. The molecule has 0 radical (unpaired) electrons. The summed E-state index contributed by atoms with van der Waals surface area (Å²) in [6, 6.07) is 10.9. The number of hydrogen-bond acceptors (Lipinski definition) is 3. The number of ether oxygens (including phenoxy) is 1. The van der Waals surface area contributed by atoms with Gasteiger partial charge in [0.1, 0.15) is 11.4 Å². The fourth-order valence-corrected chi connectivity index (χ4v) is 2.79. The number of rotatable bonds is 4. The summed E-state index contributed by atoms with van der Waals surface area (Å²) in [6.07, 6.45) is 4.70. The number of nitrogens with one attached hydrogen (secondary N) is 1. The van der Waals surface area contributed by atoms with E-state index in [1.54, 1.807) is 6.20 Å². The summed E-state index contributed by atoms with van der Waals surface area (Å²) in [5.41, 5.74) is 3.75.